The van der Waals surface area contributed by atoms with E-state index < -0.39 is 6.04 Å². The van der Waals surface area contributed by atoms with Crippen LogP contribution in [-0.4, -0.2) is 28.8 Å². The topological polar surface area (TPSA) is 49.4 Å². The fourth-order valence-corrected chi connectivity index (χ4v) is 4.84. The van der Waals surface area contributed by atoms with Gasteiger partial charge in [0.2, 0.25) is 11.8 Å². The van der Waals surface area contributed by atoms with Gasteiger partial charge in [-0.15, -0.1) is 0 Å². The minimum atomic E-state index is -0.532. The van der Waals surface area contributed by atoms with Crippen LogP contribution in [0.5, 0.6) is 0 Å². The monoisotopic (exact) mass is 474 g/mol. The van der Waals surface area contributed by atoms with Crippen molar-refractivity contribution >= 4 is 35.0 Å². The number of rotatable bonds is 8. The maximum Gasteiger partial charge on any atom is 0.243 e. The fourth-order valence-electron chi connectivity index (χ4n) is 4.36. The summed E-state index contributed by atoms with van der Waals surface area (Å²) in [7, 11) is 0. The summed E-state index contributed by atoms with van der Waals surface area (Å²) in [6, 6.07) is 12.8. The molecule has 6 heteroatoms. The summed E-state index contributed by atoms with van der Waals surface area (Å²) < 4.78 is 0. The number of hydrogen-bond acceptors (Lipinski definition) is 2. The Labute approximate surface area is 201 Å². The number of carbonyl (C=O) groups excluding carboxylic acids is 2. The zero-order chi connectivity index (χ0) is 23.1. The number of halogens is 2. The number of benzene rings is 2. The average Bonchev–Trinajstić information content (AvgIpc) is 2.77. The Kier molecular flexibility index (Phi) is 9.01. The molecule has 0 aromatic heterocycles. The molecule has 1 saturated carbocycles. The van der Waals surface area contributed by atoms with Crippen LogP contribution in [0.4, 0.5) is 0 Å². The second-order valence-corrected chi connectivity index (χ2v) is 9.47. The first kappa shape index (κ1) is 24.6. The van der Waals surface area contributed by atoms with E-state index in [1.54, 1.807) is 23.1 Å². The van der Waals surface area contributed by atoms with E-state index in [0.717, 1.165) is 36.8 Å². The van der Waals surface area contributed by atoms with Crippen molar-refractivity contribution in [2.45, 2.75) is 77.4 Å². The molecule has 172 valence electrons. The molecule has 0 aliphatic heterocycles. The van der Waals surface area contributed by atoms with Crippen molar-refractivity contribution in [2.75, 3.05) is 0 Å². The highest BCUT2D eigenvalue weighted by molar-refractivity contribution is 6.35. The minimum absolute atomic E-state index is 0.0662. The van der Waals surface area contributed by atoms with Gasteiger partial charge in [-0.05, 0) is 55.0 Å². The Balaban J connectivity index is 1.84. The lowest BCUT2D eigenvalue weighted by molar-refractivity contribution is -0.141. The lowest BCUT2D eigenvalue weighted by atomic mass is 9.95. The third-order valence-electron chi connectivity index (χ3n) is 6.30. The van der Waals surface area contributed by atoms with Gasteiger partial charge in [-0.1, -0.05) is 79.7 Å². The van der Waals surface area contributed by atoms with Crippen LogP contribution in [0, 0.1) is 6.92 Å². The molecule has 2 amide bonds. The Morgan fingerprint density at radius 3 is 2.44 bits per heavy atom. The standard InChI is InChI=1S/C26H32Cl2N2O2/c1-3-24(26(32)29-22-11-5-4-6-12-22)30(17-20-10-8-7-9-18(20)2)25(31)15-19-13-14-21(27)16-23(19)28/h7-10,13-14,16,22,24H,3-6,11-12,15,17H2,1-2H3,(H,29,32)/t24-/m1/s1. The number of hydrogen-bond donors (Lipinski definition) is 1. The molecule has 4 nitrogen and oxygen atoms in total. The Bertz CT molecular complexity index is 941. The first-order chi connectivity index (χ1) is 15.4. The third kappa shape index (κ3) is 6.49. The van der Waals surface area contributed by atoms with Crippen LogP contribution in [0.2, 0.25) is 10.0 Å². The average molecular weight is 475 g/mol. The smallest absolute Gasteiger partial charge is 0.243 e. The summed E-state index contributed by atoms with van der Waals surface area (Å²) in [6.07, 6.45) is 6.19. The van der Waals surface area contributed by atoms with Crippen LogP contribution in [-0.2, 0) is 22.6 Å². The summed E-state index contributed by atoms with van der Waals surface area (Å²) in [5, 5.41) is 4.20. The summed E-state index contributed by atoms with van der Waals surface area (Å²) in [5.41, 5.74) is 2.84. The van der Waals surface area contributed by atoms with Gasteiger partial charge in [-0.25, -0.2) is 0 Å². The summed E-state index contributed by atoms with van der Waals surface area (Å²) in [4.78, 5) is 28.5. The zero-order valence-electron chi connectivity index (χ0n) is 18.9. The molecular formula is C26H32Cl2N2O2. The van der Waals surface area contributed by atoms with E-state index in [4.69, 9.17) is 23.2 Å². The fraction of sp³-hybridized carbons (Fsp3) is 0.462. The molecule has 1 fully saturated rings. The van der Waals surface area contributed by atoms with Crippen LogP contribution in [0.3, 0.4) is 0 Å². The molecule has 0 radical (unpaired) electrons. The molecule has 0 saturated heterocycles. The van der Waals surface area contributed by atoms with Crippen LogP contribution in [0.15, 0.2) is 42.5 Å². The number of nitrogens with one attached hydrogen (secondary N) is 1. The molecule has 0 spiro atoms. The van der Waals surface area contributed by atoms with Gasteiger partial charge >= 0.3 is 0 Å². The summed E-state index contributed by atoms with van der Waals surface area (Å²) in [6.45, 7) is 4.36. The number of aryl methyl sites for hydroxylation is 1. The van der Waals surface area contributed by atoms with E-state index in [1.165, 1.54) is 6.42 Å². The van der Waals surface area contributed by atoms with Gasteiger partial charge < -0.3 is 10.2 Å². The minimum Gasteiger partial charge on any atom is -0.352 e. The SMILES string of the molecule is CC[C@H](C(=O)NC1CCCCC1)N(Cc1ccccc1C)C(=O)Cc1ccc(Cl)cc1Cl. The van der Waals surface area contributed by atoms with E-state index in [9.17, 15) is 9.59 Å². The molecule has 1 N–H and O–H groups in total. The van der Waals surface area contributed by atoms with Crippen molar-refractivity contribution in [3.05, 3.63) is 69.2 Å². The molecule has 1 atom stereocenters. The van der Waals surface area contributed by atoms with E-state index in [-0.39, 0.29) is 24.3 Å². The van der Waals surface area contributed by atoms with Crippen molar-refractivity contribution in [1.82, 2.24) is 10.2 Å². The molecule has 2 aromatic carbocycles. The van der Waals surface area contributed by atoms with Gasteiger partial charge in [0.05, 0.1) is 6.42 Å². The lowest BCUT2D eigenvalue weighted by Gasteiger charge is -2.33. The highest BCUT2D eigenvalue weighted by Gasteiger charge is 2.30. The van der Waals surface area contributed by atoms with Crippen molar-refractivity contribution in [3.63, 3.8) is 0 Å². The molecule has 2 aromatic rings. The normalized spacial score (nSPS) is 15.2. The molecule has 3 rings (SSSR count). The van der Waals surface area contributed by atoms with E-state index in [0.29, 0.717) is 28.6 Å². The molecule has 32 heavy (non-hydrogen) atoms. The van der Waals surface area contributed by atoms with Crippen LogP contribution in [0.1, 0.15) is 62.1 Å². The Morgan fingerprint density at radius 2 is 1.78 bits per heavy atom. The van der Waals surface area contributed by atoms with E-state index in [1.807, 2.05) is 38.1 Å². The van der Waals surface area contributed by atoms with Crippen LogP contribution in [0.25, 0.3) is 0 Å². The van der Waals surface area contributed by atoms with E-state index in [2.05, 4.69) is 5.32 Å². The number of nitrogens with zero attached hydrogens (tertiary/aromatic N) is 1. The predicted molar refractivity (Wildman–Crippen MR) is 131 cm³/mol. The maximum atomic E-state index is 13.5. The number of amides is 2. The molecule has 1 aliphatic rings. The first-order valence-corrected chi connectivity index (χ1v) is 12.2. The van der Waals surface area contributed by atoms with Crippen LogP contribution >= 0.6 is 23.2 Å². The van der Waals surface area contributed by atoms with Crippen molar-refractivity contribution in [2.24, 2.45) is 0 Å². The zero-order valence-corrected chi connectivity index (χ0v) is 20.4. The van der Waals surface area contributed by atoms with Crippen molar-refractivity contribution < 1.29 is 9.59 Å². The first-order valence-electron chi connectivity index (χ1n) is 11.5. The molecule has 1 aliphatic carbocycles. The molecular weight excluding hydrogens is 443 g/mol. The molecule has 0 bridgehead atoms. The Morgan fingerprint density at radius 1 is 1.06 bits per heavy atom. The van der Waals surface area contributed by atoms with Gasteiger partial charge in [0, 0.05) is 22.6 Å². The largest absolute Gasteiger partial charge is 0.352 e. The quantitative estimate of drug-likeness (QED) is 0.502. The molecule has 0 heterocycles. The van der Waals surface area contributed by atoms with Crippen LogP contribution < -0.4 is 5.32 Å². The molecule has 0 unspecified atom stereocenters. The summed E-state index contributed by atoms with van der Waals surface area (Å²) in [5.74, 6) is -0.188. The van der Waals surface area contributed by atoms with Gasteiger partial charge in [0.15, 0.2) is 0 Å². The van der Waals surface area contributed by atoms with Gasteiger partial charge in [-0.2, -0.15) is 0 Å². The Hall–Kier alpha value is -2.04. The van der Waals surface area contributed by atoms with Gasteiger partial charge in [0.1, 0.15) is 6.04 Å². The van der Waals surface area contributed by atoms with E-state index >= 15 is 0 Å². The van der Waals surface area contributed by atoms with Crippen molar-refractivity contribution in [1.29, 1.82) is 0 Å². The second-order valence-electron chi connectivity index (χ2n) is 8.63. The maximum absolute atomic E-state index is 13.5. The number of carbonyl (C=O) groups is 2. The second kappa shape index (κ2) is 11.7. The third-order valence-corrected chi connectivity index (χ3v) is 6.88. The highest BCUT2D eigenvalue weighted by Crippen LogP contribution is 2.24. The lowest BCUT2D eigenvalue weighted by Crippen LogP contribution is -2.52. The summed E-state index contributed by atoms with van der Waals surface area (Å²) >= 11 is 12.3. The van der Waals surface area contributed by atoms with Gasteiger partial charge in [0.25, 0.3) is 0 Å². The van der Waals surface area contributed by atoms with Gasteiger partial charge in [-0.3, -0.25) is 9.59 Å². The predicted octanol–water partition coefficient (Wildman–Crippen LogP) is 6.10. The highest BCUT2D eigenvalue weighted by atomic mass is 35.5. The van der Waals surface area contributed by atoms with Crippen molar-refractivity contribution in [3.8, 4) is 0 Å².